The van der Waals surface area contributed by atoms with Crippen LogP contribution < -0.4 is 5.32 Å². The monoisotopic (exact) mass is 245 g/mol. The second-order valence-corrected chi connectivity index (χ2v) is 4.56. The number of nitrogens with one attached hydrogen (secondary N) is 1. The molecule has 1 heterocycles. The van der Waals surface area contributed by atoms with Crippen molar-refractivity contribution < 1.29 is 5.11 Å². The predicted molar refractivity (Wildman–Crippen MR) is 71.5 cm³/mol. The van der Waals surface area contributed by atoms with Gasteiger partial charge < -0.3 is 15.0 Å². The maximum absolute atomic E-state index is 9.70. The molecule has 0 fully saturated rings. The average Bonchev–Trinajstić information content (AvgIpc) is 2.84. The van der Waals surface area contributed by atoms with Gasteiger partial charge in [0.25, 0.3) is 0 Å². The van der Waals surface area contributed by atoms with Gasteiger partial charge in [0.05, 0.1) is 6.33 Å². The molecule has 4 nitrogen and oxygen atoms in total. The standard InChI is InChI=1S/C14H19N3O/c1-11-7-13(8-12(2)14(11)18)9-15-3-5-17-6-4-16-10-17/h4,6-8,10,15,18H,3,5,9H2,1-2H3. The Kier molecular flexibility index (Phi) is 3.99. The van der Waals surface area contributed by atoms with Crippen LogP contribution in [-0.4, -0.2) is 21.2 Å². The molecule has 0 spiro atoms. The maximum atomic E-state index is 9.70. The summed E-state index contributed by atoms with van der Waals surface area (Å²) < 4.78 is 2.04. The maximum Gasteiger partial charge on any atom is 0.121 e. The largest absolute Gasteiger partial charge is 0.507 e. The molecule has 0 amide bonds. The highest BCUT2D eigenvalue weighted by atomic mass is 16.3. The van der Waals surface area contributed by atoms with Crippen molar-refractivity contribution >= 4 is 0 Å². The Bertz CT molecular complexity index is 483. The number of phenols is 1. The van der Waals surface area contributed by atoms with Crippen LogP contribution in [-0.2, 0) is 13.1 Å². The molecule has 0 aliphatic carbocycles. The number of aryl methyl sites for hydroxylation is 2. The van der Waals surface area contributed by atoms with Gasteiger partial charge in [0.15, 0.2) is 0 Å². The Morgan fingerprint density at radius 2 is 2.00 bits per heavy atom. The smallest absolute Gasteiger partial charge is 0.121 e. The van der Waals surface area contributed by atoms with Crippen LogP contribution in [0.15, 0.2) is 30.9 Å². The molecule has 1 aromatic carbocycles. The zero-order chi connectivity index (χ0) is 13.0. The molecule has 0 saturated heterocycles. The minimum atomic E-state index is 0.400. The van der Waals surface area contributed by atoms with Gasteiger partial charge in [-0.1, -0.05) is 12.1 Å². The highest BCUT2D eigenvalue weighted by Gasteiger charge is 2.02. The number of nitrogens with zero attached hydrogens (tertiary/aromatic N) is 2. The summed E-state index contributed by atoms with van der Waals surface area (Å²) in [5, 5.41) is 13.1. The summed E-state index contributed by atoms with van der Waals surface area (Å²) in [5.41, 5.74) is 3.07. The summed E-state index contributed by atoms with van der Waals surface area (Å²) in [6, 6.07) is 4.04. The van der Waals surface area contributed by atoms with Crippen molar-refractivity contribution in [3.63, 3.8) is 0 Å². The first-order valence-electron chi connectivity index (χ1n) is 6.12. The molecule has 0 aliphatic heterocycles. The highest BCUT2D eigenvalue weighted by Crippen LogP contribution is 2.22. The molecule has 0 aliphatic rings. The van der Waals surface area contributed by atoms with Gasteiger partial charge in [-0.15, -0.1) is 0 Å². The summed E-state index contributed by atoms with van der Waals surface area (Å²) in [7, 11) is 0. The Hall–Kier alpha value is -1.81. The van der Waals surface area contributed by atoms with Gasteiger partial charge in [0.1, 0.15) is 5.75 Å². The molecule has 0 atom stereocenters. The molecule has 2 rings (SSSR count). The van der Waals surface area contributed by atoms with E-state index < -0.39 is 0 Å². The van der Waals surface area contributed by atoms with E-state index in [1.54, 1.807) is 6.20 Å². The molecule has 0 unspecified atom stereocenters. The van der Waals surface area contributed by atoms with Crippen LogP contribution in [0.5, 0.6) is 5.75 Å². The number of hydrogen-bond acceptors (Lipinski definition) is 3. The quantitative estimate of drug-likeness (QED) is 0.792. The van der Waals surface area contributed by atoms with E-state index in [1.807, 2.05) is 43.1 Å². The van der Waals surface area contributed by atoms with Crippen molar-refractivity contribution in [3.05, 3.63) is 47.5 Å². The van der Waals surface area contributed by atoms with Crippen LogP contribution in [0.1, 0.15) is 16.7 Å². The third kappa shape index (κ3) is 3.11. The second kappa shape index (κ2) is 5.69. The van der Waals surface area contributed by atoms with E-state index >= 15 is 0 Å². The van der Waals surface area contributed by atoms with Crippen LogP contribution >= 0.6 is 0 Å². The summed E-state index contributed by atoms with van der Waals surface area (Å²) in [6.07, 6.45) is 5.56. The lowest BCUT2D eigenvalue weighted by Crippen LogP contribution is -2.19. The molecular formula is C14H19N3O. The van der Waals surface area contributed by atoms with Crippen molar-refractivity contribution in [3.8, 4) is 5.75 Å². The van der Waals surface area contributed by atoms with Crippen molar-refractivity contribution in [1.82, 2.24) is 14.9 Å². The van der Waals surface area contributed by atoms with Crippen molar-refractivity contribution in [2.24, 2.45) is 0 Å². The van der Waals surface area contributed by atoms with Crippen LogP contribution in [0, 0.1) is 13.8 Å². The molecule has 2 aromatic rings. The lowest BCUT2D eigenvalue weighted by Gasteiger charge is -2.09. The lowest BCUT2D eigenvalue weighted by molar-refractivity contribution is 0.466. The topological polar surface area (TPSA) is 50.1 Å². The SMILES string of the molecule is Cc1cc(CNCCn2ccnc2)cc(C)c1O. The number of phenolic OH excluding ortho intramolecular Hbond substituents is 1. The van der Waals surface area contributed by atoms with E-state index in [9.17, 15) is 5.11 Å². The van der Waals surface area contributed by atoms with E-state index in [0.29, 0.717) is 5.75 Å². The van der Waals surface area contributed by atoms with Crippen LogP contribution in [0.3, 0.4) is 0 Å². The van der Waals surface area contributed by atoms with E-state index in [4.69, 9.17) is 0 Å². The van der Waals surface area contributed by atoms with Crippen molar-refractivity contribution in [2.75, 3.05) is 6.54 Å². The highest BCUT2D eigenvalue weighted by molar-refractivity contribution is 5.42. The van der Waals surface area contributed by atoms with Crippen molar-refractivity contribution in [1.29, 1.82) is 0 Å². The normalized spacial score (nSPS) is 10.8. The van der Waals surface area contributed by atoms with Gasteiger partial charge in [0, 0.05) is 32.0 Å². The Morgan fingerprint density at radius 3 is 2.61 bits per heavy atom. The zero-order valence-corrected chi connectivity index (χ0v) is 10.8. The third-order valence-electron chi connectivity index (χ3n) is 2.99. The average molecular weight is 245 g/mol. The molecule has 0 saturated carbocycles. The molecule has 1 aromatic heterocycles. The van der Waals surface area contributed by atoms with Crippen LogP contribution in [0.2, 0.25) is 0 Å². The molecule has 0 bridgehead atoms. The summed E-state index contributed by atoms with van der Waals surface area (Å²) in [4.78, 5) is 4.00. The first-order valence-corrected chi connectivity index (χ1v) is 6.12. The molecule has 0 radical (unpaired) electrons. The zero-order valence-electron chi connectivity index (χ0n) is 10.8. The lowest BCUT2D eigenvalue weighted by atomic mass is 10.1. The second-order valence-electron chi connectivity index (χ2n) is 4.56. The number of aromatic nitrogens is 2. The summed E-state index contributed by atoms with van der Waals surface area (Å²) >= 11 is 0. The molecule has 2 N–H and O–H groups in total. The molecule has 4 heteroatoms. The minimum absolute atomic E-state index is 0.400. The van der Waals surface area contributed by atoms with E-state index in [1.165, 1.54) is 5.56 Å². The van der Waals surface area contributed by atoms with E-state index in [-0.39, 0.29) is 0 Å². The first-order chi connectivity index (χ1) is 8.66. The Labute approximate surface area is 107 Å². The fourth-order valence-electron chi connectivity index (χ4n) is 2.01. The minimum Gasteiger partial charge on any atom is -0.507 e. The molecule has 96 valence electrons. The van der Waals surface area contributed by atoms with Crippen LogP contribution in [0.4, 0.5) is 0 Å². The third-order valence-corrected chi connectivity index (χ3v) is 2.99. The van der Waals surface area contributed by atoms with Gasteiger partial charge in [0.2, 0.25) is 0 Å². The molecule has 18 heavy (non-hydrogen) atoms. The van der Waals surface area contributed by atoms with Gasteiger partial charge in [-0.05, 0) is 30.5 Å². The van der Waals surface area contributed by atoms with Gasteiger partial charge in [-0.2, -0.15) is 0 Å². The van der Waals surface area contributed by atoms with Gasteiger partial charge >= 0.3 is 0 Å². The van der Waals surface area contributed by atoms with Crippen molar-refractivity contribution in [2.45, 2.75) is 26.9 Å². The predicted octanol–water partition coefficient (Wildman–Crippen LogP) is 2.00. The number of rotatable bonds is 5. The fraction of sp³-hybridized carbons (Fsp3) is 0.357. The number of aromatic hydroxyl groups is 1. The van der Waals surface area contributed by atoms with E-state index in [2.05, 4.69) is 10.3 Å². The van der Waals surface area contributed by atoms with Crippen LogP contribution in [0.25, 0.3) is 0 Å². The van der Waals surface area contributed by atoms with E-state index in [0.717, 1.165) is 30.8 Å². The molecular weight excluding hydrogens is 226 g/mol. The summed E-state index contributed by atoms with van der Waals surface area (Å²) in [6.45, 7) is 6.48. The Balaban J connectivity index is 1.83. The Morgan fingerprint density at radius 1 is 1.28 bits per heavy atom. The first kappa shape index (κ1) is 12.6. The number of benzene rings is 1. The number of imidazole rings is 1. The number of hydrogen-bond donors (Lipinski definition) is 2. The summed E-state index contributed by atoms with van der Waals surface area (Å²) in [5.74, 6) is 0.400. The van der Waals surface area contributed by atoms with Gasteiger partial charge in [-0.25, -0.2) is 4.98 Å². The van der Waals surface area contributed by atoms with Gasteiger partial charge in [-0.3, -0.25) is 0 Å². The fourth-order valence-corrected chi connectivity index (χ4v) is 2.01.